The first-order valence-corrected chi connectivity index (χ1v) is 34.6. The number of phenols is 1. The van der Waals surface area contributed by atoms with E-state index in [0.717, 1.165) is 0 Å². The summed E-state index contributed by atoms with van der Waals surface area (Å²) in [6, 6.07) is 11.3. The molecule has 7 aromatic rings. The largest absolute Gasteiger partial charge is 0.508 e. The first kappa shape index (κ1) is 81.0. The molecule has 21 N–H and O–H groups in total. The highest BCUT2D eigenvalue weighted by Crippen LogP contribution is 2.22. The Morgan fingerprint density at radius 3 is 1.40 bits per heavy atom. The van der Waals surface area contributed by atoms with E-state index >= 15 is 9.59 Å². The van der Waals surface area contributed by atoms with Crippen LogP contribution in [0, 0.1) is 5.92 Å². The number of carbonyl (C=O) groups excluding carboxylic acids is 12. The number of phenolic OH excluding ortho intramolecular Hbond substituents is 1. The monoisotopic (exact) mass is 1490 g/mol. The van der Waals surface area contributed by atoms with E-state index in [9.17, 15) is 68.1 Å². The number of aromatic amines is 3. The van der Waals surface area contributed by atoms with Gasteiger partial charge in [-0.3, -0.25) is 62.3 Å². The molecule has 105 heavy (non-hydrogen) atoms. The summed E-state index contributed by atoms with van der Waals surface area (Å²) in [7, 11) is 0. The highest BCUT2D eigenvalue weighted by molar-refractivity contribution is 7.80. The van der Waals surface area contributed by atoms with Crippen LogP contribution < -0.4 is 70.0 Å². The van der Waals surface area contributed by atoms with Crippen LogP contribution in [-0.4, -0.2) is 203 Å². The van der Waals surface area contributed by atoms with Gasteiger partial charge in [-0.15, -0.1) is 0 Å². The molecule has 0 aliphatic rings. The fourth-order valence-electron chi connectivity index (χ4n) is 11.1. The van der Waals surface area contributed by atoms with Gasteiger partial charge in [-0.1, -0.05) is 92.7 Å². The number of fused-ring (bicyclic) bond motifs is 2. The van der Waals surface area contributed by atoms with E-state index in [2.05, 4.69) is 104 Å². The van der Waals surface area contributed by atoms with Crippen LogP contribution in [0.5, 0.6) is 5.75 Å². The van der Waals surface area contributed by atoms with Crippen LogP contribution in [0.1, 0.15) is 62.1 Å². The molecular weight excluding hydrogens is 1400 g/mol. The van der Waals surface area contributed by atoms with Crippen LogP contribution >= 0.6 is 25.3 Å². The standard InChI is InChI=1S/C70H87N17O16S2/c1-35(2)58(86-66(99)52(25-41-29-75-48-17-11-9-15-45(41)48)82-65(98)54(27-57(91)92)79-60(93)36(3)78-61(94)46(71)32-104)69(102)85-55(33-105)68(101)80-50(23-39-18-20-43(89)21-19-39)63(96)81-51(24-40-28-74-47-16-10-8-14-44(40)47)64(97)83-53(26-42-30-73-34-77-42)67(100)87-59(37(4)88)70(103)84-49(62(95)76-31-56(72)90)22-38-12-6-5-7-13-38/h5-21,28-30,34-37,46,49-55,58-59,74-75,88-89,104-105H,22-27,31-33,71H2,1-4H3,(H2,72,90)(H,73,77)(H,76,95)(H,78,94)(H,79,93)(H,80,101)(H,81,96)(H,82,98)(H,83,97)(H,84,103)(H,85,102)(H,86,99)(H,87,100)(H,91,92)/t36-,37+,46-,49-,50-,51-,52-,53-,54-,55-,58-,59-/m0/s1. The van der Waals surface area contributed by atoms with Gasteiger partial charge in [-0.2, -0.15) is 25.3 Å². The van der Waals surface area contributed by atoms with Crippen molar-refractivity contribution < 1.29 is 77.6 Å². The van der Waals surface area contributed by atoms with Gasteiger partial charge in [0.1, 0.15) is 66.2 Å². The van der Waals surface area contributed by atoms with Crippen molar-refractivity contribution >= 4 is 124 Å². The maximum absolute atomic E-state index is 15.1. The minimum Gasteiger partial charge on any atom is -0.508 e. The Hall–Kier alpha value is -11.3. The molecule has 3 heterocycles. The molecule has 560 valence electrons. The third-order valence-corrected chi connectivity index (χ3v) is 17.6. The number of nitrogens with zero attached hydrogens (tertiary/aromatic N) is 1. The van der Waals surface area contributed by atoms with Crippen molar-refractivity contribution in [1.29, 1.82) is 0 Å². The Morgan fingerprint density at radius 2 is 0.905 bits per heavy atom. The molecule has 33 nitrogen and oxygen atoms in total. The molecule has 0 saturated heterocycles. The molecule has 0 aliphatic heterocycles. The first-order valence-electron chi connectivity index (χ1n) is 33.4. The van der Waals surface area contributed by atoms with Gasteiger partial charge in [0.2, 0.25) is 70.9 Å². The van der Waals surface area contributed by atoms with Crippen molar-refractivity contribution in [2.75, 3.05) is 18.1 Å². The summed E-state index contributed by atoms with van der Waals surface area (Å²) in [6.07, 6.45) is 1.99. The summed E-state index contributed by atoms with van der Waals surface area (Å²) in [5, 5.41) is 60.4. The molecule has 35 heteroatoms. The lowest BCUT2D eigenvalue weighted by atomic mass is 9.99. The highest BCUT2D eigenvalue weighted by Gasteiger charge is 2.38. The van der Waals surface area contributed by atoms with Gasteiger partial charge < -0.3 is 100 Å². The number of benzene rings is 4. The van der Waals surface area contributed by atoms with Gasteiger partial charge in [0.15, 0.2) is 0 Å². The number of hydrogen-bond acceptors (Lipinski definition) is 19. The normalized spacial score (nSPS) is 14.7. The Kier molecular flexibility index (Phi) is 30.0. The smallest absolute Gasteiger partial charge is 0.305 e. The molecule has 12 atom stereocenters. The van der Waals surface area contributed by atoms with Crippen LogP contribution in [0.3, 0.4) is 0 Å². The lowest BCUT2D eigenvalue weighted by molar-refractivity contribution is -0.141. The molecule has 3 aromatic heterocycles. The van der Waals surface area contributed by atoms with Crippen LogP contribution in [0.15, 0.2) is 128 Å². The van der Waals surface area contributed by atoms with Crippen LogP contribution in [0.2, 0.25) is 0 Å². The van der Waals surface area contributed by atoms with Gasteiger partial charge in [0.05, 0.1) is 31.4 Å². The van der Waals surface area contributed by atoms with Crippen molar-refractivity contribution in [2.24, 2.45) is 17.4 Å². The molecule has 7 rings (SSSR count). The average molecular weight is 1490 g/mol. The second-order valence-electron chi connectivity index (χ2n) is 25.3. The summed E-state index contributed by atoms with van der Waals surface area (Å²) < 4.78 is 0. The Balaban J connectivity index is 1.14. The van der Waals surface area contributed by atoms with E-state index in [1.165, 1.54) is 50.6 Å². The quantitative estimate of drug-likeness (QED) is 0.0181. The number of imidazole rings is 1. The third kappa shape index (κ3) is 23.9. The number of carboxylic acids is 1. The maximum atomic E-state index is 15.1. The lowest BCUT2D eigenvalue weighted by Gasteiger charge is -2.29. The number of para-hydroxylation sites is 2. The Labute approximate surface area is 613 Å². The number of nitrogens with two attached hydrogens (primary N) is 2. The van der Waals surface area contributed by atoms with E-state index in [1.807, 2.05) is 0 Å². The Morgan fingerprint density at radius 1 is 0.467 bits per heavy atom. The number of amides is 12. The van der Waals surface area contributed by atoms with Crippen molar-refractivity contribution in [2.45, 2.75) is 139 Å². The molecule has 0 saturated carbocycles. The number of aromatic hydroxyl groups is 1. The van der Waals surface area contributed by atoms with E-state index in [4.69, 9.17) is 11.5 Å². The summed E-state index contributed by atoms with van der Waals surface area (Å²) >= 11 is 8.39. The number of rotatable bonds is 39. The van der Waals surface area contributed by atoms with E-state index in [0.29, 0.717) is 49.8 Å². The molecule has 0 unspecified atom stereocenters. The predicted molar refractivity (Wildman–Crippen MR) is 390 cm³/mol. The number of carboxylic acid groups (broad SMARTS) is 1. The van der Waals surface area contributed by atoms with Gasteiger partial charge >= 0.3 is 5.97 Å². The topological polar surface area (TPSA) is 527 Å². The summed E-state index contributed by atoms with van der Waals surface area (Å²) in [5.74, 6) is -14.4. The van der Waals surface area contributed by atoms with Crippen molar-refractivity contribution in [3.05, 3.63) is 156 Å². The van der Waals surface area contributed by atoms with Crippen molar-refractivity contribution in [3.63, 3.8) is 0 Å². The molecule has 0 radical (unpaired) electrons. The zero-order chi connectivity index (χ0) is 76.6. The zero-order valence-electron chi connectivity index (χ0n) is 57.6. The zero-order valence-corrected chi connectivity index (χ0v) is 59.4. The second-order valence-corrected chi connectivity index (χ2v) is 26.1. The summed E-state index contributed by atoms with van der Waals surface area (Å²) in [5.41, 5.74) is 14.6. The van der Waals surface area contributed by atoms with Gasteiger partial charge in [-0.25, -0.2) is 4.98 Å². The summed E-state index contributed by atoms with van der Waals surface area (Å²) in [6.45, 7) is 5.04. The van der Waals surface area contributed by atoms with Gasteiger partial charge in [0.25, 0.3) is 0 Å². The Bertz CT molecular complexity index is 4210. The number of carbonyl (C=O) groups is 13. The number of aliphatic hydroxyl groups excluding tert-OH is 1. The number of aromatic nitrogens is 4. The number of aliphatic carboxylic acids is 1. The summed E-state index contributed by atoms with van der Waals surface area (Å²) in [4.78, 5) is 193. The number of H-pyrrole nitrogens is 3. The second kappa shape index (κ2) is 38.8. The number of aliphatic hydroxyl groups is 1. The molecule has 12 amide bonds. The molecule has 0 spiro atoms. The van der Waals surface area contributed by atoms with Gasteiger partial charge in [-0.05, 0) is 66.3 Å². The number of primary amides is 1. The molecule has 4 aromatic carbocycles. The van der Waals surface area contributed by atoms with E-state index in [1.54, 1.807) is 105 Å². The average Bonchev–Trinajstić information content (AvgIpc) is 0.882. The number of hydrogen-bond donors (Lipinski definition) is 21. The molecule has 0 aliphatic carbocycles. The minimum atomic E-state index is -1.82. The fourth-order valence-corrected chi connectivity index (χ4v) is 11.5. The highest BCUT2D eigenvalue weighted by atomic mass is 32.1. The van der Waals surface area contributed by atoms with Crippen LogP contribution in [0.25, 0.3) is 21.8 Å². The van der Waals surface area contributed by atoms with Gasteiger partial charge in [0, 0.05) is 89.7 Å². The molecular formula is C70H87N17O16S2. The van der Waals surface area contributed by atoms with E-state index < -0.39 is 174 Å². The number of nitrogens with one attached hydrogen (secondary N) is 14. The minimum absolute atomic E-state index is 0.0695. The fraction of sp³-hybridized carbons (Fsp3) is 0.371. The maximum Gasteiger partial charge on any atom is 0.305 e. The molecule has 0 fully saturated rings. The van der Waals surface area contributed by atoms with Crippen LogP contribution in [-0.2, 0) is 94.4 Å². The lowest BCUT2D eigenvalue weighted by Crippen LogP contribution is -2.62. The number of thiol groups is 2. The molecule has 0 bridgehead atoms. The van der Waals surface area contributed by atoms with Crippen molar-refractivity contribution in [3.8, 4) is 5.75 Å². The van der Waals surface area contributed by atoms with E-state index in [-0.39, 0.29) is 43.6 Å². The van der Waals surface area contributed by atoms with Crippen LogP contribution in [0.4, 0.5) is 0 Å². The predicted octanol–water partition coefficient (Wildman–Crippen LogP) is -2.24. The first-order chi connectivity index (χ1) is 50.0. The SMILES string of the molecule is CC(C)[C@H](NC(=O)[C@H](Cc1c[nH]c2ccccc12)NC(=O)[C@H](CC(=O)O)NC(=O)[C@H](C)NC(=O)[C@@H](N)CS)C(=O)N[C@@H](CS)C(=O)N[C@@H](Cc1ccc(O)cc1)C(=O)N[C@@H](Cc1c[nH]c2ccccc12)C(=O)N[C@@H](Cc1cnc[nH]1)C(=O)N[C@H](C(=O)N[C@@H](Cc1ccccc1)C(=O)NCC(N)=O)[C@@H](C)O. The van der Waals surface area contributed by atoms with Crippen molar-refractivity contribution in [1.82, 2.24) is 78.4 Å². The third-order valence-electron chi connectivity index (χ3n) is 16.9.